The van der Waals surface area contributed by atoms with Gasteiger partial charge in [0, 0.05) is 17.9 Å². The van der Waals surface area contributed by atoms with Crippen LogP contribution in [0.5, 0.6) is 0 Å². The Balaban J connectivity index is 2.10. The molecule has 0 heterocycles. The largest absolute Gasteiger partial charge is 0.396 e. The zero-order chi connectivity index (χ0) is 9.73. The van der Waals surface area contributed by atoms with Crippen LogP contribution in [0.2, 0.25) is 0 Å². The Labute approximate surface area is 85.5 Å². The molecule has 0 spiro atoms. The Bertz CT molecular complexity index is 142. The maximum atomic E-state index is 8.85. The van der Waals surface area contributed by atoms with E-state index in [1.807, 2.05) is 11.8 Å². The number of hydrogen-bond donors (Lipinski definition) is 2. The van der Waals surface area contributed by atoms with Gasteiger partial charge in [0.05, 0.1) is 0 Å². The van der Waals surface area contributed by atoms with Gasteiger partial charge in [0.15, 0.2) is 0 Å². The van der Waals surface area contributed by atoms with E-state index >= 15 is 0 Å². The molecule has 0 aliphatic heterocycles. The fraction of sp³-hybridized carbons (Fsp3) is 1.00. The summed E-state index contributed by atoms with van der Waals surface area (Å²) in [5, 5.41) is 12.3. The second kappa shape index (κ2) is 5.23. The molecular weight excluding hydrogens is 182 g/mol. The van der Waals surface area contributed by atoms with Gasteiger partial charge in [-0.2, -0.15) is 11.8 Å². The van der Waals surface area contributed by atoms with E-state index in [0.717, 1.165) is 13.1 Å². The van der Waals surface area contributed by atoms with Gasteiger partial charge in [-0.1, -0.05) is 13.3 Å². The van der Waals surface area contributed by atoms with Crippen molar-refractivity contribution in [3.05, 3.63) is 0 Å². The fourth-order valence-corrected chi connectivity index (χ4v) is 2.58. The second-order valence-corrected chi connectivity index (χ2v) is 5.43. The highest BCUT2D eigenvalue weighted by atomic mass is 32.2. The summed E-state index contributed by atoms with van der Waals surface area (Å²) in [7, 11) is 0. The first kappa shape index (κ1) is 11.3. The topological polar surface area (TPSA) is 32.3 Å². The molecule has 0 amide bonds. The first-order valence-electron chi connectivity index (χ1n) is 5.09. The summed E-state index contributed by atoms with van der Waals surface area (Å²) in [6, 6.07) is 0. The molecule has 0 aromatic heterocycles. The molecule has 2 nitrogen and oxygen atoms in total. The first-order chi connectivity index (χ1) is 6.22. The van der Waals surface area contributed by atoms with Gasteiger partial charge >= 0.3 is 0 Å². The molecule has 1 fully saturated rings. The molecule has 1 rings (SSSR count). The van der Waals surface area contributed by atoms with Crippen molar-refractivity contribution in [2.24, 2.45) is 5.92 Å². The van der Waals surface area contributed by atoms with E-state index in [2.05, 4.69) is 18.5 Å². The number of nitrogens with one attached hydrogen (secondary N) is 1. The van der Waals surface area contributed by atoms with Crippen LogP contribution in [0.1, 0.15) is 26.2 Å². The Morgan fingerprint density at radius 3 is 2.62 bits per heavy atom. The lowest BCUT2D eigenvalue weighted by molar-refractivity contribution is 0.229. The van der Waals surface area contributed by atoms with Crippen molar-refractivity contribution < 1.29 is 5.11 Å². The lowest BCUT2D eigenvalue weighted by Gasteiger charge is -2.40. The molecule has 0 aromatic rings. The Kier molecular flexibility index (Phi) is 4.56. The molecule has 0 aromatic carbocycles. The first-order valence-corrected chi connectivity index (χ1v) is 6.31. The van der Waals surface area contributed by atoms with E-state index in [0.29, 0.717) is 17.3 Å². The second-order valence-electron chi connectivity index (χ2n) is 4.16. The fourth-order valence-electron chi connectivity index (χ4n) is 1.64. The summed E-state index contributed by atoms with van der Waals surface area (Å²) in [4.78, 5) is 0. The summed E-state index contributed by atoms with van der Waals surface area (Å²) in [6.45, 7) is 4.41. The summed E-state index contributed by atoms with van der Waals surface area (Å²) < 4.78 is 0.523. The molecule has 1 saturated carbocycles. The zero-order valence-corrected chi connectivity index (χ0v) is 9.49. The summed E-state index contributed by atoms with van der Waals surface area (Å²) in [6.07, 6.45) is 6.30. The number of aliphatic hydroxyl groups excluding tert-OH is 1. The minimum atomic E-state index is 0.291. The molecule has 1 unspecified atom stereocenters. The van der Waals surface area contributed by atoms with Crippen molar-refractivity contribution in [2.45, 2.75) is 30.9 Å². The number of rotatable bonds is 6. The number of aliphatic hydroxyl groups is 1. The predicted molar refractivity (Wildman–Crippen MR) is 59.2 cm³/mol. The highest BCUT2D eigenvalue weighted by Gasteiger charge is 2.35. The lowest BCUT2D eigenvalue weighted by Crippen LogP contribution is -2.44. The van der Waals surface area contributed by atoms with E-state index < -0.39 is 0 Å². The van der Waals surface area contributed by atoms with Crippen molar-refractivity contribution in [2.75, 3.05) is 26.0 Å². The van der Waals surface area contributed by atoms with Gasteiger partial charge in [-0.25, -0.2) is 0 Å². The normalized spacial score (nSPS) is 22.4. The molecule has 0 bridgehead atoms. The van der Waals surface area contributed by atoms with Gasteiger partial charge in [-0.3, -0.25) is 0 Å². The SMILES string of the molecule is CSC1(CNCC(C)CO)CCC1. The van der Waals surface area contributed by atoms with Crippen LogP contribution in [0.3, 0.4) is 0 Å². The predicted octanol–water partition coefficient (Wildman–Crippen LogP) is 1.49. The van der Waals surface area contributed by atoms with Crippen LogP contribution < -0.4 is 5.32 Å². The van der Waals surface area contributed by atoms with Gasteiger partial charge in [-0.15, -0.1) is 0 Å². The van der Waals surface area contributed by atoms with Crippen LogP contribution in [-0.4, -0.2) is 35.8 Å². The summed E-state index contributed by atoms with van der Waals surface area (Å²) in [5.74, 6) is 0.388. The summed E-state index contributed by atoms with van der Waals surface area (Å²) in [5.41, 5.74) is 0. The van der Waals surface area contributed by atoms with Gasteiger partial charge in [0.2, 0.25) is 0 Å². The molecule has 1 aliphatic rings. The number of hydrogen-bond acceptors (Lipinski definition) is 3. The van der Waals surface area contributed by atoms with E-state index in [4.69, 9.17) is 5.11 Å². The molecule has 1 aliphatic carbocycles. The highest BCUT2D eigenvalue weighted by Crippen LogP contribution is 2.42. The third-order valence-corrected chi connectivity index (χ3v) is 4.37. The molecule has 0 radical (unpaired) electrons. The molecular formula is C10H21NOS. The van der Waals surface area contributed by atoms with Crippen molar-refractivity contribution in [1.29, 1.82) is 0 Å². The highest BCUT2D eigenvalue weighted by molar-refractivity contribution is 8.00. The van der Waals surface area contributed by atoms with Crippen molar-refractivity contribution in [3.63, 3.8) is 0 Å². The molecule has 1 atom stereocenters. The lowest BCUT2D eigenvalue weighted by atomic mass is 9.84. The van der Waals surface area contributed by atoms with E-state index in [1.165, 1.54) is 19.3 Å². The average Bonchev–Trinajstić information content (AvgIpc) is 2.09. The van der Waals surface area contributed by atoms with Crippen LogP contribution in [0, 0.1) is 5.92 Å². The van der Waals surface area contributed by atoms with E-state index in [1.54, 1.807) is 0 Å². The van der Waals surface area contributed by atoms with Crippen LogP contribution in [0.4, 0.5) is 0 Å². The smallest absolute Gasteiger partial charge is 0.0468 e. The molecule has 13 heavy (non-hydrogen) atoms. The van der Waals surface area contributed by atoms with Gasteiger partial charge in [-0.05, 0) is 31.6 Å². The monoisotopic (exact) mass is 203 g/mol. The molecule has 78 valence electrons. The van der Waals surface area contributed by atoms with Crippen LogP contribution in [0.15, 0.2) is 0 Å². The minimum absolute atomic E-state index is 0.291. The van der Waals surface area contributed by atoms with Crippen molar-refractivity contribution >= 4 is 11.8 Å². The Hall–Kier alpha value is 0.270. The van der Waals surface area contributed by atoms with E-state index in [9.17, 15) is 0 Å². The van der Waals surface area contributed by atoms with Crippen LogP contribution in [-0.2, 0) is 0 Å². The van der Waals surface area contributed by atoms with Gasteiger partial charge in [0.1, 0.15) is 0 Å². The van der Waals surface area contributed by atoms with Crippen LogP contribution >= 0.6 is 11.8 Å². The standard InChI is InChI=1S/C10H21NOS/c1-9(7-12)6-11-8-10(13-2)4-3-5-10/h9,11-12H,3-8H2,1-2H3. The molecule has 3 heteroatoms. The summed E-state index contributed by atoms with van der Waals surface area (Å²) >= 11 is 1.99. The maximum absolute atomic E-state index is 8.85. The number of thioether (sulfide) groups is 1. The third kappa shape index (κ3) is 3.15. The van der Waals surface area contributed by atoms with E-state index in [-0.39, 0.29) is 0 Å². The van der Waals surface area contributed by atoms with Gasteiger partial charge < -0.3 is 10.4 Å². The Morgan fingerprint density at radius 1 is 1.54 bits per heavy atom. The maximum Gasteiger partial charge on any atom is 0.0468 e. The molecule has 0 saturated heterocycles. The van der Waals surface area contributed by atoms with Crippen molar-refractivity contribution in [1.82, 2.24) is 5.32 Å². The minimum Gasteiger partial charge on any atom is -0.396 e. The average molecular weight is 203 g/mol. The van der Waals surface area contributed by atoms with Crippen LogP contribution in [0.25, 0.3) is 0 Å². The quantitative estimate of drug-likeness (QED) is 0.686. The molecule has 2 N–H and O–H groups in total. The zero-order valence-electron chi connectivity index (χ0n) is 8.68. The third-order valence-electron chi connectivity index (χ3n) is 2.95. The van der Waals surface area contributed by atoms with Gasteiger partial charge in [0.25, 0.3) is 0 Å². The van der Waals surface area contributed by atoms with Crippen molar-refractivity contribution in [3.8, 4) is 0 Å². The Morgan fingerprint density at radius 2 is 2.23 bits per heavy atom.